The van der Waals surface area contributed by atoms with Gasteiger partial charge in [-0.15, -0.1) is 0 Å². The molecular weight excluding hydrogens is 500 g/mol. The number of hydrogen-bond acceptors (Lipinski definition) is 7. The Labute approximate surface area is 228 Å². The summed E-state index contributed by atoms with van der Waals surface area (Å²) in [6.07, 6.45) is 2.29. The molecule has 212 valence electrons. The van der Waals surface area contributed by atoms with Gasteiger partial charge in [0.2, 0.25) is 11.8 Å². The molecule has 39 heavy (non-hydrogen) atoms. The van der Waals surface area contributed by atoms with Crippen molar-refractivity contribution in [1.82, 2.24) is 24.3 Å². The maximum absolute atomic E-state index is 13.3. The highest BCUT2D eigenvalue weighted by molar-refractivity contribution is 6.00. The van der Waals surface area contributed by atoms with Crippen molar-refractivity contribution >= 4 is 34.6 Å². The fraction of sp³-hybridized carbons (Fsp3) is 0.643. The molecule has 3 aliphatic rings. The van der Waals surface area contributed by atoms with Gasteiger partial charge in [-0.1, -0.05) is 6.07 Å². The lowest BCUT2D eigenvalue weighted by Crippen LogP contribution is -2.49. The van der Waals surface area contributed by atoms with Gasteiger partial charge in [0.25, 0.3) is 0 Å². The molecule has 2 aromatic rings. The molecule has 4 heterocycles. The average molecular weight is 541 g/mol. The number of ether oxygens (including phenoxy) is 1. The Morgan fingerprint density at radius 2 is 1.69 bits per heavy atom. The predicted molar refractivity (Wildman–Crippen MR) is 148 cm³/mol. The number of nitrogens with one attached hydrogen (secondary N) is 1. The predicted octanol–water partition coefficient (Wildman–Crippen LogP) is 2.09. The third-order valence-corrected chi connectivity index (χ3v) is 8.10. The van der Waals surface area contributed by atoms with Gasteiger partial charge < -0.3 is 14.5 Å². The Morgan fingerprint density at radius 1 is 1.00 bits per heavy atom. The maximum atomic E-state index is 13.3. The number of hydrogen-bond donors (Lipinski definition) is 1. The number of amides is 3. The van der Waals surface area contributed by atoms with Crippen molar-refractivity contribution in [3.8, 4) is 0 Å². The molecule has 5 rings (SSSR count). The van der Waals surface area contributed by atoms with E-state index in [1.54, 1.807) is 16.2 Å². The fourth-order valence-corrected chi connectivity index (χ4v) is 6.06. The first-order valence-corrected chi connectivity index (χ1v) is 14.0. The van der Waals surface area contributed by atoms with Crippen LogP contribution in [-0.4, -0.2) is 88.3 Å². The molecule has 0 aliphatic carbocycles. The number of aromatic nitrogens is 2. The van der Waals surface area contributed by atoms with Crippen LogP contribution in [0, 0.1) is 5.92 Å². The number of piperidine rings is 2. The van der Waals surface area contributed by atoms with Gasteiger partial charge >= 0.3 is 11.8 Å². The number of nitrogens with zero attached hydrogens (tertiary/aromatic N) is 5. The van der Waals surface area contributed by atoms with Crippen LogP contribution in [0.5, 0.6) is 0 Å². The van der Waals surface area contributed by atoms with Gasteiger partial charge in [-0.05, 0) is 58.1 Å². The summed E-state index contributed by atoms with van der Waals surface area (Å²) in [6, 6.07) is 5.17. The normalized spacial score (nSPS) is 21.9. The minimum atomic E-state index is -0.687. The second-order valence-corrected chi connectivity index (χ2v) is 12.0. The molecule has 3 aliphatic heterocycles. The second kappa shape index (κ2) is 10.7. The lowest BCUT2D eigenvalue weighted by Gasteiger charge is -2.40. The molecule has 11 heteroatoms. The van der Waals surface area contributed by atoms with E-state index >= 15 is 0 Å². The summed E-state index contributed by atoms with van der Waals surface area (Å²) in [6.45, 7) is 11.7. The SMILES string of the molecule is Cn1c(=O)n(C2CCC(=O)NC2=O)c2cccc(N3CCN(CC4CCN(C(=O)OC(C)(C)C)CC4)CC3)c21. The zero-order valence-electron chi connectivity index (χ0n) is 23.4. The summed E-state index contributed by atoms with van der Waals surface area (Å²) < 4.78 is 8.69. The van der Waals surface area contributed by atoms with E-state index in [4.69, 9.17) is 4.74 Å². The summed E-state index contributed by atoms with van der Waals surface area (Å²) in [7, 11) is 1.75. The second-order valence-electron chi connectivity index (χ2n) is 12.0. The van der Waals surface area contributed by atoms with Crippen molar-refractivity contribution in [2.24, 2.45) is 13.0 Å². The Morgan fingerprint density at radius 3 is 2.33 bits per heavy atom. The van der Waals surface area contributed by atoms with Crippen LogP contribution in [0.25, 0.3) is 11.0 Å². The standard InChI is InChI=1S/C28H40N6O5/c1-28(2,3)39-27(38)33-12-10-19(11-13-33)18-31-14-16-32(17-15-31)20-6-5-7-21-24(20)30(4)26(37)34(21)22-8-9-23(35)29-25(22)36/h5-7,19,22H,8-18H2,1-4H3,(H,29,35,36). The summed E-state index contributed by atoms with van der Waals surface area (Å²) in [5.41, 5.74) is 1.80. The Hall–Kier alpha value is -3.34. The molecule has 0 saturated carbocycles. The number of carbonyl (C=O) groups excluding carboxylic acids is 3. The maximum Gasteiger partial charge on any atom is 0.410 e. The fourth-order valence-electron chi connectivity index (χ4n) is 6.06. The number of imidazole rings is 1. The topological polar surface area (TPSA) is 109 Å². The molecule has 0 bridgehead atoms. The molecule has 11 nitrogen and oxygen atoms in total. The van der Waals surface area contributed by atoms with Crippen molar-refractivity contribution in [3.05, 3.63) is 28.7 Å². The third-order valence-electron chi connectivity index (χ3n) is 8.10. The molecule has 3 saturated heterocycles. The largest absolute Gasteiger partial charge is 0.444 e. The molecule has 1 N–H and O–H groups in total. The van der Waals surface area contributed by atoms with Gasteiger partial charge in [-0.25, -0.2) is 9.59 Å². The van der Waals surface area contributed by atoms with Crippen LogP contribution in [-0.2, 0) is 21.4 Å². The highest BCUT2D eigenvalue weighted by Gasteiger charge is 2.33. The number of para-hydroxylation sites is 1. The first kappa shape index (κ1) is 27.2. The summed E-state index contributed by atoms with van der Waals surface area (Å²) in [5, 5.41) is 2.37. The summed E-state index contributed by atoms with van der Waals surface area (Å²) in [5.74, 6) is -0.157. The van der Waals surface area contributed by atoms with E-state index in [1.807, 2.05) is 43.9 Å². The molecule has 3 fully saturated rings. The molecular formula is C28H40N6O5. The molecule has 1 aromatic carbocycles. The van der Waals surface area contributed by atoms with Crippen LogP contribution in [0.1, 0.15) is 52.5 Å². The first-order valence-electron chi connectivity index (χ1n) is 14.0. The number of imide groups is 1. The summed E-state index contributed by atoms with van der Waals surface area (Å²) >= 11 is 0. The molecule has 1 atom stereocenters. The van der Waals surface area contributed by atoms with Crippen molar-refractivity contribution in [2.75, 3.05) is 50.7 Å². The van der Waals surface area contributed by atoms with Crippen LogP contribution in [0.4, 0.5) is 10.5 Å². The third kappa shape index (κ3) is 5.68. The van der Waals surface area contributed by atoms with Crippen LogP contribution < -0.4 is 15.9 Å². The number of carbonyl (C=O) groups is 3. The number of fused-ring (bicyclic) bond motifs is 1. The Bertz CT molecular complexity index is 1310. The van der Waals surface area contributed by atoms with Crippen LogP contribution in [0.15, 0.2) is 23.0 Å². The zero-order chi connectivity index (χ0) is 27.9. The molecule has 3 amide bonds. The van der Waals surface area contributed by atoms with Crippen molar-refractivity contribution in [2.45, 2.75) is 58.1 Å². The Kier molecular flexibility index (Phi) is 7.45. The minimum absolute atomic E-state index is 0.218. The number of rotatable bonds is 4. The van der Waals surface area contributed by atoms with E-state index in [9.17, 15) is 19.2 Å². The minimum Gasteiger partial charge on any atom is -0.444 e. The number of aryl methyl sites for hydroxylation is 1. The van der Waals surface area contributed by atoms with E-state index < -0.39 is 17.6 Å². The van der Waals surface area contributed by atoms with E-state index in [0.29, 0.717) is 17.9 Å². The number of anilines is 1. The van der Waals surface area contributed by atoms with Crippen LogP contribution in [0.3, 0.4) is 0 Å². The van der Waals surface area contributed by atoms with E-state index in [1.165, 1.54) is 0 Å². The lowest BCUT2D eigenvalue weighted by atomic mass is 9.96. The van der Waals surface area contributed by atoms with Gasteiger partial charge in [0.05, 0.1) is 16.7 Å². The first-order chi connectivity index (χ1) is 18.5. The van der Waals surface area contributed by atoms with Crippen LogP contribution >= 0.6 is 0 Å². The molecule has 0 spiro atoms. The van der Waals surface area contributed by atoms with Crippen molar-refractivity contribution < 1.29 is 19.1 Å². The van der Waals surface area contributed by atoms with E-state index in [-0.39, 0.29) is 24.1 Å². The average Bonchev–Trinajstić information content (AvgIpc) is 3.14. The van der Waals surface area contributed by atoms with E-state index in [0.717, 1.165) is 69.9 Å². The zero-order valence-corrected chi connectivity index (χ0v) is 23.4. The van der Waals surface area contributed by atoms with Gasteiger partial charge in [-0.3, -0.25) is 28.9 Å². The van der Waals surface area contributed by atoms with Gasteiger partial charge in [0.1, 0.15) is 11.6 Å². The quantitative estimate of drug-likeness (QED) is 0.592. The summed E-state index contributed by atoms with van der Waals surface area (Å²) in [4.78, 5) is 56.5. The number of likely N-dealkylation sites (tertiary alicyclic amines) is 1. The molecule has 0 radical (unpaired) electrons. The number of piperazine rings is 1. The lowest BCUT2D eigenvalue weighted by molar-refractivity contribution is -0.135. The Balaban J connectivity index is 1.22. The smallest absolute Gasteiger partial charge is 0.410 e. The molecule has 1 aromatic heterocycles. The molecule has 1 unspecified atom stereocenters. The van der Waals surface area contributed by atoms with Crippen molar-refractivity contribution in [3.63, 3.8) is 0 Å². The van der Waals surface area contributed by atoms with Gasteiger partial charge in [-0.2, -0.15) is 0 Å². The highest BCUT2D eigenvalue weighted by Crippen LogP contribution is 2.30. The monoisotopic (exact) mass is 540 g/mol. The number of benzene rings is 1. The van der Waals surface area contributed by atoms with Crippen LogP contribution in [0.2, 0.25) is 0 Å². The van der Waals surface area contributed by atoms with Crippen molar-refractivity contribution in [1.29, 1.82) is 0 Å². The van der Waals surface area contributed by atoms with E-state index in [2.05, 4.69) is 15.1 Å². The van der Waals surface area contributed by atoms with Gasteiger partial charge in [0, 0.05) is 59.3 Å². The van der Waals surface area contributed by atoms with Gasteiger partial charge in [0.15, 0.2) is 0 Å². The highest BCUT2D eigenvalue weighted by atomic mass is 16.6.